The first-order chi connectivity index (χ1) is 10.1. The van der Waals surface area contributed by atoms with Crippen molar-refractivity contribution < 1.29 is 5.11 Å². The summed E-state index contributed by atoms with van der Waals surface area (Å²) in [6.07, 6.45) is 9.83. The molecule has 0 aromatic carbocycles. The lowest BCUT2D eigenvalue weighted by Crippen LogP contribution is -2.32. The fraction of sp³-hybridized carbons (Fsp3) is 0.750. The van der Waals surface area contributed by atoms with E-state index in [4.69, 9.17) is 0 Å². The number of H-pyrrole nitrogens is 1. The average molecular weight is 296 g/mol. The number of unbranched alkanes of at least 4 members (excludes halogenated alkanes) is 7. The van der Waals surface area contributed by atoms with Crippen molar-refractivity contribution in [3.05, 3.63) is 26.4 Å². The van der Waals surface area contributed by atoms with E-state index in [2.05, 4.69) is 11.9 Å². The van der Waals surface area contributed by atoms with E-state index in [9.17, 15) is 14.7 Å². The second kappa shape index (κ2) is 9.42. The number of aromatic amines is 1. The van der Waals surface area contributed by atoms with Crippen molar-refractivity contribution in [3.8, 4) is 5.88 Å². The van der Waals surface area contributed by atoms with Crippen molar-refractivity contribution in [2.75, 3.05) is 0 Å². The summed E-state index contributed by atoms with van der Waals surface area (Å²) in [6, 6.07) is 0. The van der Waals surface area contributed by atoms with Crippen LogP contribution in [0, 0.1) is 0 Å². The Morgan fingerprint density at radius 2 is 1.52 bits per heavy atom. The van der Waals surface area contributed by atoms with E-state index in [0.717, 1.165) is 19.3 Å². The maximum absolute atomic E-state index is 11.7. The van der Waals surface area contributed by atoms with Gasteiger partial charge in [0.2, 0.25) is 5.88 Å². The molecule has 0 spiro atoms. The number of rotatable bonds is 10. The highest BCUT2D eigenvalue weighted by atomic mass is 16.3. The van der Waals surface area contributed by atoms with Crippen molar-refractivity contribution in [2.45, 2.75) is 78.2 Å². The Kier molecular flexibility index (Phi) is 7.87. The summed E-state index contributed by atoms with van der Waals surface area (Å²) >= 11 is 0. The summed E-state index contributed by atoms with van der Waals surface area (Å²) in [5.74, 6) is -0.172. The maximum Gasteiger partial charge on any atom is 0.331 e. The molecule has 1 aromatic rings. The van der Waals surface area contributed by atoms with Crippen LogP contribution in [0.1, 0.15) is 70.8 Å². The van der Waals surface area contributed by atoms with Gasteiger partial charge in [0.25, 0.3) is 5.56 Å². The predicted octanol–water partition coefficient (Wildman–Crippen LogP) is 2.95. The van der Waals surface area contributed by atoms with Crippen molar-refractivity contribution in [1.29, 1.82) is 0 Å². The molecule has 0 unspecified atom stereocenters. The molecule has 0 aliphatic heterocycles. The zero-order valence-corrected chi connectivity index (χ0v) is 13.3. The van der Waals surface area contributed by atoms with Crippen LogP contribution >= 0.6 is 0 Å². The third-order valence-corrected chi connectivity index (χ3v) is 3.85. The number of aromatic hydroxyl groups is 1. The van der Waals surface area contributed by atoms with Gasteiger partial charge >= 0.3 is 5.69 Å². The van der Waals surface area contributed by atoms with E-state index < -0.39 is 11.2 Å². The molecule has 0 radical (unpaired) electrons. The minimum atomic E-state index is -0.516. The van der Waals surface area contributed by atoms with E-state index in [1.807, 2.05) is 0 Å². The zero-order chi connectivity index (χ0) is 15.7. The third-order valence-electron chi connectivity index (χ3n) is 3.85. The van der Waals surface area contributed by atoms with Crippen LogP contribution in [0.25, 0.3) is 0 Å². The van der Waals surface area contributed by atoms with E-state index in [1.165, 1.54) is 36.7 Å². The molecule has 2 N–H and O–H groups in total. The van der Waals surface area contributed by atoms with Crippen molar-refractivity contribution >= 4 is 0 Å². The lowest BCUT2D eigenvalue weighted by molar-refractivity contribution is 0.386. The quantitative estimate of drug-likeness (QED) is 0.652. The van der Waals surface area contributed by atoms with E-state index >= 15 is 0 Å². The first-order valence-corrected chi connectivity index (χ1v) is 8.16. The molecule has 0 fully saturated rings. The highest BCUT2D eigenvalue weighted by Gasteiger charge is 2.11. The molecular weight excluding hydrogens is 268 g/mol. The number of nitrogens with zero attached hydrogens (tertiary/aromatic N) is 1. The smallest absolute Gasteiger partial charge is 0.331 e. The Morgan fingerprint density at radius 3 is 2.10 bits per heavy atom. The summed E-state index contributed by atoms with van der Waals surface area (Å²) in [4.78, 5) is 25.5. The van der Waals surface area contributed by atoms with Gasteiger partial charge in [-0.1, -0.05) is 58.8 Å². The zero-order valence-electron chi connectivity index (χ0n) is 13.3. The standard InChI is InChI=1S/C16H28N2O3/c1-3-5-6-7-8-9-10-11-12-18-15(20)13(4-2)14(19)17-16(18)21/h20H,3-12H2,1-2H3,(H,17,19,21). The predicted molar refractivity (Wildman–Crippen MR) is 85.0 cm³/mol. The fourth-order valence-corrected chi connectivity index (χ4v) is 2.53. The number of aromatic nitrogens is 2. The van der Waals surface area contributed by atoms with Gasteiger partial charge in [0.05, 0.1) is 5.56 Å². The molecule has 0 bridgehead atoms. The monoisotopic (exact) mass is 296 g/mol. The minimum absolute atomic E-state index is 0.172. The molecule has 1 aromatic heterocycles. The molecule has 0 amide bonds. The van der Waals surface area contributed by atoms with Gasteiger partial charge < -0.3 is 5.11 Å². The number of nitrogens with one attached hydrogen (secondary N) is 1. The van der Waals surface area contributed by atoms with Crippen molar-refractivity contribution in [3.63, 3.8) is 0 Å². The summed E-state index contributed by atoms with van der Waals surface area (Å²) in [7, 11) is 0. The molecule has 120 valence electrons. The maximum atomic E-state index is 11.7. The Balaban J connectivity index is 2.42. The van der Waals surface area contributed by atoms with Crippen molar-refractivity contribution in [1.82, 2.24) is 9.55 Å². The number of hydrogen-bond donors (Lipinski definition) is 2. The molecule has 1 heterocycles. The van der Waals surface area contributed by atoms with Gasteiger partial charge in [-0.15, -0.1) is 0 Å². The minimum Gasteiger partial charge on any atom is -0.494 e. The Bertz CT molecular complexity index is 531. The average Bonchev–Trinajstić information content (AvgIpc) is 2.45. The summed E-state index contributed by atoms with van der Waals surface area (Å²) in [6.45, 7) is 4.46. The van der Waals surface area contributed by atoms with Crippen LogP contribution < -0.4 is 11.2 Å². The van der Waals surface area contributed by atoms with Gasteiger partial charge in [0.15, 0.2) is 0 Å². The number of hydrogen-bond acceptors (Lipinski definition) is 3. The van der Waals surface area contributed by atoms with E-state index in [-0.39, 0.29) is 11.4 Å². The van der Waals surface area contributed by atoms with Gasteiger partial charge in [-0.25, -0.2) is 4.79 Å². The molecule has 0 aliphatic carbocycles. The van der Waals surface area contributed by atoms with Crippen LogP contribution in [0.3, 0.4) is 0 Å². The van der Waals surface area contributed by atoms with Crippen LogP contribution in [0.15, 0.2) is 9.59 Å². The summed E-state index contributed by atoms with van der Waals surface area (Å²) < 4.78 is 1.28. The van der Waals surface area contributed by atoms with Crippen LogP contribution in [0.2, 0.25) is 0 Å². The Morgan fingerprint density at radius 1 is 0.952 bits per heavy atom. The first-order valence-electron chi connectivity index (χ1n) is 8.16. The normalized spacial score (nSPS) is 11.0. The van der Waals surface area contributed by atoms with Gasteiger partial charge in [0.1, 0.15) is 0 Å². The molecule has 21 heavy (non-hydrogen) atoms. The third kappa shape index (κ3) is 5.40. The SMILES string of the molecule is CCCCCCCCCCn1c(O)c(CC)c(=O)[nH]c1=O. The summed E-state index contributed by atoms with van der Waals surface area (Å²) in [5, 5.41) is 9.99. The van der Waals surface area contributed by atoms with Crippen LogP contribution in [0.5, 0.6) is 5.88 Å². The Hall–Kier alpha value is -1.52. The molecular formula is C16H28N2O3. The molecule has 5 heteroatoms. The first kappa shape index (κ1) is 17.5. The lowest BCUT2D eigenvalue weighted by Gasteiger charge is -2.10. The van der Waals surface area contributed by atoms with E-state index in [1.54, 1.807) is 6.92 Å². The van der Waals surface area contributed by atoms with Gasteiger partial charge in [0, 0.05) is 6.54 Å². The van der Waals surface area contributed by atoms with Gasteiger partial charge in [-0.05, 0) is 12.8 Å². The Labute approximate surface area is 126 Å². The van der Waals surface area contributed by atoms with Gasteiger partial charge in [-0.2, -0.15) is 0 Å². The summed E-state index contributed by atoms with van der Waals surface area (Å²) in [5.41, 5.74) is -0.709. The molecule has 0 aliphatic rings. The topological polar surface area (TPSA) is 75.1 Å². The molecule has 5 nitrogen and oxygen atoms in total. The fourth-order valence-electron chi connectivity index (χ4n) is 2.53. The second-order valence-corrected chi connectivity index (χ2v) is 5.54. The highest BCUT2D eigenvalue weighted by Crippen LogP contribution is 2.13. The lowest BCUT2D eigenvalue weighted by atomic mass is 10.1. The molecule has 0 saturated heterocycles. The van der Waals surface area contributed by atoms with Crippen LogP contribution in [-0.2, 0) is 13.0 Å². The van der Waals surface area contributed by atoms with Gasteiger partial charge in [-0.3, -0.25) is 14.3 Å². The van der Waals surface area contributed by atoms with Crippen molar-refractivity contribution in [2.24, 2.45) is 0 Å². The largest absolute Gasteiger partial charge is 0.494 e. The molecule has 0 atom stereocenters. The van der Waals surface area contributed by atoms with Crippen LogP contribution in [0.4, 0.5) is 0 Å². The molecule has 0 saturated carbocycles. The molecule has 1 rings (SSSR count). The van der Waals surface area contributed by atoms with Crippen LogP contribution in [-0.4, -0.2) is 14.7 Å². The van der Waals surface area contributed by atoms with E-state index in [0.29, 0.717) is 13.0 Å². The highest BCUT2D eigenvalue weighted by molar-refractivity contribution is 5.22. The second-order valence-electron chi connectivity index (χ2n) is 5.54.